The predicted molar refractivity (Wildman–Crippen MR) is 104 cm³/mol. The van der Waals surface area contributed by atoms with Crippen LogP contribution in [0.4, 0.5) is 11.4 Å². The number of amidine groups is 1. The normalized spacial score (nSPS) is 19.5. The van der Waals surface area contributed by atoms with E-state index in [-0.39, 0.29) is 11.6 Å². The van der Waals surface area contributed by atoms with Gasteiger partial charge in [0, 0.05) is 27.2 Å². The Kier molecular flexibility index (Phi) is 5.03. The molecule has 1 aromatic heterocycles. The molecule has 0 fully saturated rings. The monoisotopic (exact) mass is 370 g/mol. The number of thioether (sulfide) groups is 1. The molecule has 0 saturated carbocycles. The van der Waals surface area contributed by atoms with Gasteiger partial charge in [-0.15, -0.1) is 0 Å². The number of carbonyl (C=O) groups is 1. The molecule has 0 saturated heterocycles. The largest absolute Gasteiger partial charge is 0.379 e. The van der Waals surface area contributed by atoms with Crippen molar-refractivity contribution in [2.45, 2.75) is 18.9 Å². The molecule has 1 amide bonds. The Hall–Kier alpha value is -2.74. The highest BCUT2D eigenvalue weighted by molar-refractivity contribution is 8.13. The van der Waals surface area contributed by atoms with Crippen LogP contribution in [0.2, 0.25) is 0 Å². The summed E-state index contributed by atoms with van der Waals surface area (Å²) in [6, 6.07) is 10.7. The van der Waals surface area contributed by atoms with E-state index in [1.807, 2.05) is 31.2 Å². The van der Waals surface area contributed by atoms with Gasteiger partial charge in [-0.1, -0.05) is 23.9 Å². The summed E-state index contributed by atoms with van der Waals surface area (Å²) in [5.74, 6) is 0.571. The summed E-state index contributed by atoms with van der Waals surface area (Å²) in [6.45, 7) is 2.04. The Morgan fingerprint density at radius 1 is 1.35 bits per heavy atom. The molecule has 2 aromatic rings. The van der Waals surface area contributed by atoms with Crippen molar-refractivity contribution in [1.82, 2.24) is 4.98 Å². The first-order valence-corrected chi connectivity index (χ1v) is 9.13. The van der Waals surface area contributed by atoms with Crippen LogP contribution >= 0.6 is 11.8 Å². The molecule has 7 nitrogen and oxygen atoms in total. The van der Waals surface area contributed by atoms with E-state index in [4.69, 9.17) is 5.73 Å². The molecule has 0 spiro atoms. The fourth-order valence-corrected chi connectivity index (χ4v) is 3.70. The zero-order chi connectivity index (χ0) is 18.7. The number of nitrogens with two attached hydrogens (primary N) is 1. The summed E-state index contributed by atoms with van der Waals surface area (Å²) in [5, 5.41) is 3.42. The average molecular weight is 370 g/mol. The van der Waals surface area contributed by atoms with Gasteiger partial charge >= 0.3 is 0 Å². The molecule has 1 aliphatic heterocycles. The van der Waals surface area contributed by atoms with Crippen molar-refractivity contribution in [1.29, 1.82) is 0 Å². The van der Waals surface area contributed by atoms with E-state index in [0.29, 0.717) is 21.3 Å². The van der Waals surface area contributed by atoms with Crippen molar-refractivity contribution in [2.24, 2.45) is 10.7 Å². The Morgan fingerprint density at radius 3 is 2.81 bits per heavy atom. The zero-order valence-electron chi connectivity index (χ0n) is 14.6. The summed E-state index contributed by atoms with van der Waals surface area (Å²) < 4.78 is 0.688. The van der Waals surface area contributed by atoms with Gasteiger partial charge in [0.15, 0.2) is 12.2 Å². The van der Waals surface area contributed by atoms with Crippen LogP contribution in [0.1, 0.15) is 29.4 Å². The molecule has 0 radical (unpaired) electrons. The van der Waals surface area contributed by atoms with Crippen LogP contribution < -0.4 is 11.1 Å². The van der Waals surface area contributed by atoms with Crippen LogP contribution in [-0.2, 0) is 5.54 Å². The molecule has 0 aliphatic carbocycles. The Morgan fingerprint density at radius 2 is 2.15 bits per heavy atom. The van der Waals surface area contributed by atoms with Crippen molar-refractivity contribution in [3.8, 4) is 0 Å². The molecular weight excluding hydrogens is 350 g/mol. The molecule has 8 heteroatoms. The third-order valence-corrected chi connectivity index (χ3v) is 5.08. The van der Waals surface area contributed by atoms with E-state index in [1.54, 1.807) is 17.8 Å². The lowest BCUT2D eigenvalue weighted by molar-refractivity contribution is -0.428. The number of nitrogens with one attached hydrogen (secondary N) is 1. The molecule has 0 bridgehead atoms. The maximum atomic E-state index is 12.4. The van der Waals surface area contributed by atoms with Crippen molar-refractivity contribution in [3.05, 3.63) is 58.8 Å². The number of aliphatic imine (C=N–C) groups is 1. The van der Waals surface area contributed by atoms with E-state index in [0.717, 1.165) is 17.7 Å². The number of nitroso groups, excluding NO2 is 1. The minimum absolute atomic E-state index is 0.239. The second kappa shape index (κ2) is 7.25. The topological polar surface area (TPSA) is 100 Å². The van der Waals surface area contributed by atoms with Gasteiger partial charge in [-0.2, -0.15) is 0 Å². The number of nitrogens with zero attached hydrogens (tertiary/aromatic N) is 3. The third-order valence-electron chi connectivity index (χ3n) is 4.28. The quantitative estimate of drug-likeness (QED) is 0.806. The Balaban J connectivity index is 1.79. The van der Waals surface area contributed by atoms with Gasteiger partial charge in [0.1, 0.15) is 11.9 Å². The number of rotatable bonds is 4. The molecule has 2 heterocycles. The summed E-state index contributed by atoms with van der Waals surface area (Å²) in [4.78, 5) is 32.2. The maximum Gasteiger partial charge on any atom is 0.274 e. The number of pyridine rings is 1. The molecule has 3 rings (SSSR count). The third kappa shape index (κ3) is 3.91. The molecular formula is C18H20N5O2S+. The number of hydrogen-bond acceptors (Lipinski definition) is 6. The number of amides is 1. The number of anilines is 1. The smallest absolute Gasteiger partial charge is 0.274 e. The van der Waals surface area contributed by atoms with E-state index < -0.39 is 5.54 Å². The van der Waals surface area contributed by atoms with Crippen LogP contribution in [-0.4, -0.2) is 33.6 Å². The molecule has 1 atom stereocenters. The number of hydrogen-bond donors (Lipinski definition) is 2. The highest BCUT2D eigenvalue weighted by Crippen LogP contribution is 2.35. The fraction of sp³-hybridized carbons (Fsp3) is 0.278. The summed E-state index contributed by atoms with van der Waals surface area (Å²) >= 11 is 1.55. The Bertz CT molecular complexity index is 881. The lowest BCUT2D eigenvalue weighted by Crippen LogP contribution is -2.28. The summed E-state index contributed by atoms with van der Waals surface area (Å²) in [5.41, 5.74) is 7.78. The van der Waals surface area contributed by atoms with Crippen LogP contribution in [0.5, 0.6) is 0 Å². The first kappa shape index (κ1) is 18.1. The number of benzene rings is 1. The highest BCUT2D eigenvalue weighted by Gasteiger charge is 2.29. The van der Waals surface area contributed by atoms with Gasteiger partial charge < -0.3 is 11.1 Å². The zero-order valence-corrected chi connectivity index (χ0v) is 15.4. The number of aromatic nitrogens is 1. The predicted octanol–water partition coefficient (Wildman–Crippen LogP) is 3.04. The van der Waals surface area contributed by atoms with Gasteiger partial charge in [-0.25, -0.2) is 4.98 Å². The Labute approximate surface area is 155 Å². The van der Waals surface area contributed by atoms with Crippen LogP contribution in [0.3, 0.4) is 0 Å². The molecule has 26 heavy (non-hydrogen) atoms. The van der Waals surface area contributed by atoms with E-state index >= 15 is 0 Å². The SMILES string of the molecule is C[N+](=O)c1ccc(C(=O)Nc2cccc(C3(C)CCSC(N)=N3)c2)nc1. The van der Waals surface area contributed by atoms with Crippen LogP contribution in [0.25, 0.3) is 0 Å². The second-order valence-electron chi connectivity index (χ2n) is 6.26. The van der Waals surface area contributed by atoms with E-state index in [9.17, 15) is 9.70 Å². The molecule has 3 N–H and O–H groups in total. The minimum Gasteiger partial charge on any atom is -0.379 e. The molecule has 1 aromatic carbocycles. The summed E-state index contributed by atoms with van der Waals surface area (Å²) in [6.07, 6.45) is 2.25. The second-order valence-corrected chi connectivity index (χ2v) is 7.37. The van der Waals surface area contributed by atoms with Gasteiger partial charge in [-0.05, 0) is 37.1 Å². The van der Waals surface area contributed by atoms with Gasteiger partial charge in [0.2, 0.25) is 0 Å². The van der Waals surface area contributed by atoms with E-state index in [1.165, 1.54) is 19.3 Å². The van der Waals surface area contributed by atoms with Crippen LogP contribution in [0, 0.1) is 4.91 Å². The van der Waals surface area contributed by atoms with Crippen molar-refractivity contribution >= 4 is 34.2 Å². The summed E-state index contributed by atoms with van der Waals surface area (Å²) in [7, 11) is 1.38. The van der Waals surface area contributed by atoms with E-state index in [2.05, 4.69) is 15.3 Å². The highest BCUT2D eigenvalue weighted by atomic mass is 32.2. The number of carbonyl (C=O) groups excluding carboxylic acids is 1. The average Bonchev–Trinajstić information content (AvgIpc) is 2.62. The maximum absolute atomic E-state index is 12.4. The molecule has 134 valence electrons. The van der Waals surface area contributed by atoms with Gasteiger partial charge in [0.25, 0.3) is 11.6 Å². The lowest BCUT2D eigenvalue weighted by atomic mass is 9.89. The van der Waals surface area contributed by atoms with Crippen LogP contribution in [0.15, 0.2) is 47.6 Å². The fourth-order valence-electron chi connectivity index (χ4n) is 2.73. The first-order valence-electron chi connectivity index (χ1n) is 8.14. The van der Waals surface area contributed by atoms with Crippen molar-refractivity contribution in [3.63, 3.8) is 0 Å². The first-order chi connectivity index (χ1) is 12.4. The lowest BCUT2D eigenvalue weighted by Gasteiger charge is -2.30. The van der Waals surface area contributed by atoms with Crippen molar-refractivity contribution in [2.75, 3.05) is 18.1 Å². The minimum atomic E-state index is -0.394. The van der Waals surface area contributed by atoms with Gasteiger partial charge in [-0.3, -0.25) is 9.79 Å². The molecule has 1 unspecified atom stereocenters. The standard InChI is InChI=1S/C18H19N5O2S/c1-18(8-9-26-17(19)22-18)12-4-3-5-13(10-12)21-16(24)15-7-6-14(11-20-15)23(2)25/h3-7,10-11H,8-9H2,1-2H3,(H2-,19,21,22,24)/p+1. The van der Waals surface area contributed by atoms with Gasteiger partial charge in [0.05, 0.1) is 5.54 Å². The molecule has 1 aliphatic rings. The van der Waals surface area contributed by atoms with Crippen molar-refractivity contribution < 1.29 is 9.55 Å².